The number of amides is 3. The Labute approximate surface area is 125 Å². The average molecular weight is 319 g/mol. The minimum atomic E-state index is -4.44. The van der Waals surface area contributed by atoms with Gasteiger partial charge in [0.2, 0.25) is 0 Å². The van der Waals surface area contributed by atoms with Gasteiger partial charge in [-0.3, -0.25) is 9.63 Å². The van der Waals surface area contributed by atoms with Crippen LogP contribution in [0.1, 0.15) is 12.5 Å². The first-order valence-corrected chi connectivity index (χ1v) is 6.22. The lowest BCUT2D eigenvalue weighted by molar-refractivity contribution is -0.137. The predicted molar refractivity (Wildman–Crippen MR) is 72.8 cm³/mol. The van der Waals surface area contributed by atoms with Crippen LogP contribution in [0.3, 0.4) is 0 Å². The standard InChI is InChI=1S/C13H16F3N3O3/c1-8(22-18-12(21)19(2)3)11(20)17-10-6-4-9(5-7-10)13(14,15)16/h4-8H,1-3H3,(H,17,20)(H,18,21). The number of hydrogen-bond acceptors (Lipinski definition) is 3. The number of halogens is 3. The summed E-state index contributed by atoms with van der Waals surface area (Å²) in [7, 11) is 2.98. The van der Waals surface area contributed by atoms with E-state index in [1.165, 1.54) is 25.9 Å². The normalized spacial score (nSPS) is 12.5. The summed E-state index contributed by atoms with van der Waals surface area (Å²) < 4.78 is 37.2. The minimum Gasteiger partial charge on any atom is -0.329 e. The summed E-state index contributed by atoms with van der Waals surface area (Å²) in [6, 6.07) is 3.43. The van der Waals surface area contributed by atoms with E-state index < -0.39 is 29.8 Å². The topological polar surface area (TPSA) is 70.7 Å². The van der Waals surface area contributed by atoms with Crippen molar-refractivity contribution < 1.29 is 27.6 Å². The minimum absolute atomic E-state index is 0.187. The molecule has 2 N–H and O–H groups in total. The predicted octanol–water partition coefficient (Wildman–Crippen LogP) is 2.24. The smallest absolute Gasteiger partial charge is 0.329 e. The molecule has 0 aliphatic rings. The second-order valence-electron chi connectivity index (χ2n) is 4.63. The monoisotopic (exact) mass is 319 g/mol. The third-order valence-electron chi connectivity index (χ3n) is 2.58. The summed E-state index contributed by atoms with van der Waals surface area (Å²) in [5, 5.41) is 2.38. The molecule has 1 aromatic rings. The molecule has 3 amide bonds. The van der Waals surface area contributed by atoms with Crippen LogP contribution in [0.25, 0.3) is 0 Å². The highest BCUT2D eigenvalue weighted by molar-refractivity contribution is 5.94. The van der Waals surface area contributed by atoms with E-state index in [2.05, 4.69) is 10.8 Å². The van der Waals surface area contributed by atoms with Crippen molar-refractivity contribution in [3.8, 4) is 0 Å². The van der Waals surface area contributed by atoms with Gasteiger partial charge in [-0.25, -0.2) is 10.3 Å². The number of hydroxylamine groups is 1. The van der Waals surface area contributed by atoms with Gasteiger partial charge in [0.05, 0.1) is 5.56 Å². The maximum absolute atomic E-state index is 12.4. The molecule has 0 radical (unpaired) electrons. The van der Waals surface area contributed by atoms with Gasteiger partial charge in [0.25, 0.3) is 5.91 Å². The van der Waals surface area contributed by atoms with Crippen LogP contribution in [0.5, 0.6) is 0 Å². The van der Waals surface area contributed by atoms with E-state index in [1.807, 2.05) is 0 Å². The molecule has 0 aliphatic carbocycles. The Morgan fingerprint density at radius 2 is 1.73 bits per heavy atom. The number of urea groups is 1. The molecule has 0 saturated carbocycles. The number of rotatable bonds is 4. The zero-order valence-electron chi connectivity index (χ0n) is 12.2. The highest BCUT2D eigenvalue weighted by Crippen LogP contribution is 2.29. The van der Waals surface area contributed by atoms with E-state index in [1.54, 1.807) is 0 Å². The molecule has 1 atom stereocenters. The number of nitrogens with zero attached hydrogens (tertiary/aromatic N) is 1. The summed E-state index contributed by atoms with van der Waals surface area (Å²) in [4.78, 5) is 29.0. The Morgan fingerprint density at radius 1 is 1.18 bits per heavy atom. The quantitative estimate of drug-likeness (QED) is 0.836. The number of carbonyl (C=O) groups excluding carboxylic acids is 2. The molecule has 9 heteroatoms. The molecular formula is C13H16F3N3O3. The Bertz CT molecular complexity index is 530. The largest absolute Gasteiger partial charge is 0.416 e. The molecule has 0 bridgehead atoms. The van der Waals surface area contributed by atoms with Gasteiger partial charge in [-0.2, -0.15) is 13.2 Å². The summed E-state index contributed by atoms with van der Waals surface area (Å²) in [6.45, 7) is 1.38. The fraction of sp³-hybridized carbons (Fsp3) is 0.385. The molecule has 122 valence electrons. The first-order chi connectivity index (χ1) is 10.1. The van der Waals surface area contributed by atoms with Crippen LogP contribution in [0.15, 0.2) is 24.3 Å². The lowest BCUT2D eigenvalue weighted by Crippen LogP contribution is -2.40. The number of benzene rings is 1. The number of hydrogen-bond donors (Lipinski definition) is 2. The zero-order chi connectivity index (χ0) is 16.9. The van der Waals surface area contributed by atoms with E-state index in [0.717, 1.165) is 24.3 Å². The van der Waals surface area contributed by atoms with Crippen LogP contribution < -0.4 is 10.8 Å². The van der Waals surface area contributed by atoms with Crippen molar-refractivity contribution in [3.05, 3.63) is 29.8 Å². The fourth-order valence-electron chi connectivity index (χ4n) is 1.27. The van der Waals surface area contributed by atoms with E-state index in [0.29, 0.717) is 0 Å². The molecule has 0 heterocycles. The second-order valence-corrected chi connectivity index (χ2v) is 4.63. The number of carbonyl (C=O) groups is 2. The molecular weight excluding hydrogens is 303 g/mol. The maximum atomic E-state index is 12.4. The zero-order valence-corrected chi connectivity index (χ0v) is 12.2. The van der Waals surface area contributed by atoms with Crippen molar-refractivity contribution in [3.63, 3.8) is 0 Å². The van der Waals surface area contributed by atoms with Crippen molar-refractivity contribution in [1.82, 2.24) is 10.4 Å². The second kappa shape index (κ2) is 7.12. The lowest BCUT2D eigenvalue weighted by atomic mass is 10.2. The molecule has 1 rings (SSSR count). The Kier molecular flexibility index (Phi) is 5.75. The first kappa shape index (κ1) is 17.8. The highest BCUT2D eigenvalue weighted by Gasteiger charge is 2.30. The van der Waals surface area contributed by atoms with Gasteiger partial charge in [-0.15, -0.1) is 0 Å². The number of alkyl halides is 3. The van der Waals surface area contributed by atoms with Crippen LogP contribution >= 0.6 is 0 Å². The molecule has 0 spiro atoms. The van der Waals surface area contributed by atoms with Crippen molar-refractivity contribution >= 4 is 17.6 Å². The average Bonchev–Trinajstić information content (AvgIpc) is 2.43. The molecule has 6 nitrogen and oxygen atoms in total. The molecule has 1 aromatic carbocycles. The SMILES string of the molecule is CC(ONC(=O)N(C)C)C(=O)Nc1ccc(C(F)(F)F)cc1. The van der Waals surface area contributed by atoms with Crippen LogP contribution in [0.4, 0.5) is 23.7 Å². The molecule has 0 aliphatic heterocycles. The summed E-state index contributed by atoms with van der Waals surface area (Å²) in [5.74, 6) is -0.612. The van der Waals surface area contributed by atoms with E-state index in [-0.39, 0.29) is 5.69 Å². The van der Waals surface area contributed by atoms with Crippen LogP contribution in [-0.2, 0) is 15.8 Å². The number of anilines is 1. The van der Waals surface area contributed by atoms with Crippen molar-refractivity contribution in [2.24, 2.45) is 0 Å². The fourth-order valence-corrected chi connectivity index (χ4v) is 1.27. The van der Waals surface area contributed by atoms with Gasteiger partial charge in [-0.05, 0) is 31.2 Å². The van der Waals surface area contributed by atoms with Gasteiger partial charge in [-0.1, -0.05) is 0 Å². The molecule has 22 heavy (non-hydrogen) atoms. The van der Waals surface area contributed by atoms with Gasteiger partial charge in [0, 0.05) is 19.8 Å². The van der Waals surface area contributed by atoms with Gasteiger partial charge in [0.1, 0.15) is 0 Å². The van der Waals surface area contributed by atoms with Gasteiger partial charge < -0.3 is 10.2 Å². The summed E-state index contributed by atoms with van der Waals surface area (Å²) in [6.07, 6.45) is -5.46. The van der Waals surface area contributed by atoms with Crippen LogP contribution in [0.2, 0.25) is 0 Å². The highest BCUT2D eigenvalue weighted by atomic mass is 19.4. The van der Waals surface area contributed by atoms with Gasteiger partial charge >= 0.3 is 12.2 Å². The Balaban J connectivity index is 2.55. The van der Waals surface area contributed by atoms with Crippen molar-refractivity contribution in [1.29, 1.82) is 0 Å². The van der Waals surface area contributed by atoms with Crippen molar-refractivity contribution in [2.75, 3.05) is 19.4 Å². The molecule has 0 fully saturated rings. The van der Waals surface area contributed by atoms with Crippen LogP contribution in [-0.4, -0.2) is 37.0 Å². The third kappa shape index (κ3) is 5.24. The Morgan fingerprint density at radius 3 is 2.18 bits per heavy atom. The molecule has 0 aromatic heterocycles. The van der Waals surface area contributed by atoms with Gasteiger partial charge in [0.15, 0.2) is 6.10 Å². The van der Waals surface area contributed by atoms with Crippen molar-refractivity contribution in [2.45, 2.75) is 19.2 Å². The summed E-state index contributed by atoms with van der Waals surface area (Å²) in [5.41, 5.74) is 1.43. The molecule has 1 unspecified atom stereocenters. The maximum Gasteiger partial charge on any atom is 0.416 e. The first-order valence-electron chi connectivity index (χ1n) is 6.22. The van der Waals surface area contributed by atoms with E-state index in [9.17, 15) is 22.8 Å². The lowest BCUT2D eigenvalue weighted by Gasteiger charge is -2.16. The van der Waals surface area contributed by atoms with Crippen LogP contribution in [0, 0.1) is 0 Å². The number of nitrogens with one attached hydrogen (secondary N) is 2. The van der Waals surface area contributed by atoms with E-state index in [4.69, 9.17) is 4.84 Å². The summed E-state index contributed by atoms with van der Waals surface area (Å²) >= 11 is 0. The Hall–Kier alpha value is -2.29. The third-order valence-corrected chi connectivity index (χ3v) is 2.58. The van der Waals surface area contributed by atoms with E-state index >= 15 is 0 Å². The molecule has 0 saturated heterocycles.